The topological polar surface area (TPSA) is 53.4 Å². The molecular weight excluding hydrogens is 316 g/mol. The Labute approximate surface area is 148 Å². The number of rotatable bonds is 4. The van der Waals surface area contributed by atoms with E-state index in [4.69, 9.17) is 9.47 Å². The van der Waals surface area contributed by atoms with Crippen molar-refractivity contribution in [3.63, 3.8) is 0 Å². The van der Waals surface area contributed by atoms with E-state index in [0.717, 1.165) is 42.0 Å². The maximum absolute atomic E-state index is 12.1. The number of nitrogens with zero attached hydrogens (tertiary/aromatic N) is 2. The number of carbonyl (C=O) groups excluding carboxylic acids is 1. The van der Waals surface area contributed by atoms with Gasteiger partial charge in [-0.25, -0.2) is 4.79 Å². The van der Waals surface area contributed by atoms with E-state index in [1.165, 1.54) is 33.4 Å². The lowest BCUT2D eigenvalue weighted by Gasteiger charge is -2.15. The number of hydrogen-bond donors (Lipinski definition) is 0. The van der Waals surface area contributed by atoms with Crippen LogP contribution >= 0.6 is 0 Å². The fourth-order valence-corrected chi connectivity index (χ4v) is 3.93. The van der Waals surface area contributed by atoms with Gasteiger partial charge in [-0.2, -0.15) is 9.78 Å². The second-order valence-electron chi connectivity index (χ2n) is 6.63. The van der Waals surface area contributed by atoms with Crippen molar-refractivity contribution in [2.24, 2.45) is 0 Å². The summed E-state index contributed by atoms with van der Waals surface area (Å²) < 4.78 is 12.1. The molecule has 134 valence electrons. The van der Waals surface area contributed by atoms with Crippen LogP contribution in [0.1, 0.15) is 52.5 Å². The zero-order valence-corrected chi connectivity index (χ0v) is 15.7. The Kier molecular flexibility index (Phi) is 4.84. The maximum atomic E-state index is 12.1. The summed E-state index contributed by atoms with van der Waals surface area (Å²) in [5.74, 6) is 1.03. The third-order valence-electron chi connectivity index (χ3n) is 5.08. The molecule has 1 heterocycles. The summed E-state index contributed by atoms with van der Waals surface area (Å²) in [6.07, 6.45) is 3.70. The van der Waals surface area contributed by atoms with Gasteiger partial charge in [-0.3, -0.25) is 0 Å². The molecule has 0 fully saturated rings. The lowest BCUT2D eigenvalue weighted by molar-refractivity contribution is 0.149. The molecule has 0 radical (unpaired) electrons. The van der Waals surface area contributed by atoms with Crippen LogP contribution in [0, 0.1) is 20.8 Å². The van der Waals surface area contributed by atoms with Gasteiger partial charge in [0.15, 0.2) is 0 Å². The molecule has 0 saturated heterocycles. The highest BCUT2D eigenvalue weighted by Crippen LogP contribution is 2.37. The van der Waals surface area contributed by atoms with E-state index in [1.54, 1.807) is 14.0 Å². The quantitative estimate of drug-likeness (QED) is 0.845. The van der Waals surface area contributed by atoms with Crippen molar-refractivity contribution in [2.45, 2.75) is 53.4 Å². The van der Waals surface area contributed by atoms with Gasteiger partial charge >= 0.3 is 6.09 Å². The van der Waals surface area contributed by atoms with Crippen LogP contribution in [-0.2, 0) is 24.0 Å². The first-order chi connectivity index (χ1) is 12.0. The predicted molar refractivity (Wildman–Crippen MR) is 96.7 cm³/mol. The van der Waals surface area contributed by atoms with E-state index in [-0.39, 0.29) is 0 Å². The van der Waals surface area contributed by atoms with Crippen LogP contribution < -0.4 is 4.74 Å². The van der Waals surface area contributed by atoms with Gasteiger partial charge in [0.25, 0.3) is 0 Å². The highest BCUT2D eigenvalue weighted by molar-refractivity contribution is 5.71. The van der Waals surface area contributed by atoms with E-state index in [0.29, 0.717) is 6.61 Å². The van der Waals surface area contributed by atoms with Crippen molar-refractivity contribution in [1.29, 1.82) is 0 Å². The fourth-order valence-electron chi connectivity index (χ4n) is 3.93. The summed E-state index contributed by atoms with van der Waals surface area (Å²) in [6, 6.07) is 2.23. The van der Waals surface area contributed by atoms with E-state index in [1.807, 2.05) is 13.8 Å². The van der Waals surface area contributed by atoms with Crippen LogP contribution in [0.2, 0.25) is 0 Å². The monoisotopic (exact) mass is 342 g/mol. The fraction of sp³-hybridized carbons (Fsp3) is 0.500. The molecule has 25 heavy (non-hydrogen) atoms. The number of ether oxygens (including phenoxy) is 2. The lowest BCUT2D eigenvalue weighted by Crippen LogP contribution is -2.16. The van der Waals surface area contributed by atoms with Gasteiger partial charge in [-0.05, 0) is 69.2 Å². The third kappa shape index (κ3) is 3.03. The summed E-state index contributed by atoms with van der Waals surface area (Å²) in [6.45, 7) is 8.13. The number of aromatic nitrogens is 2. The van der Waals surface area contributed by atoms with Crippen LogP contribution in [0.15, 0.2) is 6.07 Å². The molecule has 1 aliphatic rings. The van der Waals surface area contributed by atoms with Crippen molar-refractivity contribution in [2.75, 3.05) is 13.7 Å². The van der Waals surface area contributed by atoms with Crippen molar-refractivity contribution >= 4 is 6.09 Å². The van der Waals surface area contributed by atoms with Gasteiger partial charge in [-0.15, -0.1) is 0 Å². The summed E-state index contributed by atoms with van der Waals surface area (Å²) >= 11 is 0. The zero-order chi connectivity index (χ0) is 18.1. The number of fused-ring (bicyclic) bond motifs is 1. The van der Waals surface area contributed by atoms with Crippen LogP contribution in [-0.4, -0.2) is 29.6 Å². The number of aryl methyl sites for hydroxylation is 2. The minimum absolute atomic E-state index is 0.345. The standard InChI is InChI=1S/C20H26N2O3/c1-6-25-20(23)22-14(4)18(13(3)21-22)11-15-10-12(2)19(24-5)17-9-7-8-16(15)17/h10H,6-9,11H2,1-5H3. The minimum atomic E-state index is -0.412. The molecular formula is C20H26N2O3. The number of benzene rings is 1. The molecule has 2 aromatic rings. The second-order valence-corrected chi connectivity index (χ2v) is 6.63. The SMILES string of the molecule is CCOC(=O)n1nc(C)c(Cc2cc(C)c(OC)c3c2CCC3)c1C. The summed E-state index contributed by atoms with van der Waals surface area (Å²) in [7, 11) is 1.75. The molecule has 0 unspecified atom stereocenters. The molecule has 1 aromatic carbocycles. The molecule has 1 aromatic heterocycles. The smallest absolute Gasteiger partial charge is 0.434 e. The molecule has 0 saturated carbocycles. The molecule has 3 rings (SSSR count). The Morgan fingerprint density at radius 1 is 1.24 bits per heavy atom. The van der Waals surface area contributed by atoms with Crippen molar-refractivity contribution < 1.29 is 14.3 Å². The van der Waals surface area contributed by atoms with Gasteiger partial charge in [-0.1, -0.05) is 6.07 Å². The molecule has 0 bridgehead atoms. The van der Waals surface area contributed by atoms with Crippen molar-refractivity contribution in [3.8, 4) is 5.75 Å². The Bertz CT molecular complexity index is 821. The van der Waals surface area contributed by atoms with Gasteiger partial charge < -0.3 is 9.47 Å². The molecule has 0 N–H and O–H groups in total. The van der Waals surface area contributed by atoms with Crippen LogP contribution in [0.5, 0.6) is 5.75 Å². The third-order valence-corrected chi connectivity index (χ3v) is 5.08. The Morgan fingerprint density at radius 3 is 2.64 bits per heavy atom. The van der Waals surface area contributed by atoms with Crippen LogP contribution in [0.3, 0.4) is 0 Å². The average Bonchev–Trinajstić information content (AvgIpc) is 3.15. The van der Waals surface area contributed by atoms with Gasteiger partial charge in [0, 0.05) is 12.0 Å². The van der Waals surface area contributed by atoms with E-state index < -0.39 is 6.09 Å². The largest absolute Gasteiger partial charge is 0.496 e. The molecule has 1 aliphatic carbocycles. The van der Waals surface area contributed by atoms with E-state index >= 15 is 0 Å². The summed E-state index contributed by atoms with van der Waals surface area (Å²) in [4.78, 5) is 12.1. The van der Waals surface area contributed by atoms with Gasteiger partial charge in [0.2, 0.25) is 0 Å². The first-order valence-corrected chi connectivity index (χ1v) is 8.88. The Morgan fingerprint density at radius 2 is 1.96 bits per heavy atom. The first kappa shape index (κ1) is 17.5. The lowest BCUT2D eigenvalue weighted by atomic mass is 9.93. The molecule has 5 nitrogen and oxygen atoms in total. The molecule has 0 aliphatic heterocycles. The highest BCUT2D eigenvalue weighted by Gasteiger charge is 2.24. The summed E-state index contributed by atoms with van der Waals surface area (Å²) in [5.41, 5.74) is 8.09. The Hall–Kier alpha value is -2.30. The first-order valence-electron chi connectivity index (χ1n) is 8.88. The average molecular weight is 342 g/mol. The number of hydrogen-bond acceptors (Lipinski definition) is 4. The highest BCUT2D eigenvalue weighted by atomic mass is 16.6. The molecule has 0 atom stereocenters. The Balaban J connectivity index is 2.01. The van der Waals surface area contributed by atoms with Gasteiger partial charge in [0.05, 0.1) is 25.1 Å². The van der Waals surface area contributed by atoms with Crippen LogP contribution in [0.4, 0.5) is 4.79 Å². The van der Waals surface area contributed by atoms with E-state index in [2.05, 4.69) is 18.1 Å². The van der Waals surface area contributed by atoms with Gasteiger partial charge in [0.1, 0.15) is 5.75 Å². The van der Waals surface area contributed by atoms with Crippen LogP contribution in [0.25, 0.3) is 0 Å². The molecule has 0 spiro atoms. The predicted octanol–water partition coefficient (Wildman–Crippen LogP) is 3.90. The minimum Gasteiger partial charge on any atom is -0.496 e. The summed E-state index contributed by atoms with van der Waals surface area (Å²) in [5, 5.41) is 4.39. The molecule has 0 amide bonds. The van der Waals surface area contributed by atoms with E-state index in [9.17, 15) is 4.79 Å². The molecule has 5 heteroatoms. The number of methoxy groups -OCH3 is 1. The van der Waals surface area contributed by atoms with Crippen molar-refractivity contribution in [1.82, 2.24) is 9.78 Å². The van der Waals surface area contributed by atoms with Crippen molar-refractivity contribution in [3.05, 3.63) is 45.3 Å². The maximum Gasteiger partial charge on any atom is 0.434 e. The number of carbonyl (C=O) groups is 1. The normalized spacial score (nSPS) is 13.0. The second kappa shape index (κ2) is 6.90. The zero-order valence-electron chi connectivity index (χ0n) is 15.7.